The maximum atomic E-state index is 11.6. The van der Waals surface area contributed by atoms with Gasteiger partial charge in [-0.3, -0.25) is 4.79 Å². The zero-order chi connectivity index (χ0) is 16.1. The van der Waals surface area contributed by atoms with Crippen molar-refractivity contribution < 1.29 is 28.9 Å². The fraction of sp³-hybridized carbons (Fsp3) is 0.375. The summed E-state index contributed by atoms with van der Waals surface area (Å²) in [5.41, 5.74) is 1.17. The lowest BCUT2D eigenvalue weighted by atomic mass is 10.0. The van der Waals surface area contributed by atoms with Crippen LogP contribution in [0, 0.1) is 0 Å². The molecule has 22 heavy (non-hydrogen) atoms. The van der Waals surface area contributed by atoms with Gasteiger partial charge in [-0.15, -0.1) is 0 Å². The molecule has 0 aliphatic carbocycles. The van der Waals surface area contributed by atoms with Crippen molar-refractivity contribution in [3.05, 3.63) is 47.5 Å². The lowest BCUT2D eigenvalue weighted by Crippen LogP contribution is -2.36. The highest BCUT2D eigenvalue weighted by atomic mass is 16.6. The van der Waals surface area contributed by atoms with E-state index in [2.05, 4.69) is 4.74 Å². The number of benzene rings is 1. The molecule has 3 atom stereocenters. The highest BCUT2D eigenvalue weighted by Gasteiger charge is 2.27. The number of aliphatic hydroxyl groups excluding tert-OH is 1. The Hall–Kier alpha value is -2.18. The van der Waals surface area contributed by atoms with Crippen molar-refractivity contribution >= 4 is 11.9 Å². The van der Waals surface area contributed by atoms with Gasteiger partial charge >= 0.3 is 11.9 Å². The number of aliphatic hydroxyl groups is 1. The van der Waals surface area contributed by atoms with Crippen molar-refractivity contribution in [3.8, 4) is 0 Å². The molecule has 2 rings (SSSR count). The average molecular weight is 306 g/mol. The average Bonchev–Trinajstić information content (AvgIpc) is 2.53. The number of hydrogen-bond donors (Lipinski definition) is 1. The predicted octanol–water partition coefficient (Wildman–Crippen LogP) is 1.39. The first-order valence-corrected chi connectivity index (χ1v) is 6.84. The van der Waals surface area contributed by atoms with Gasteiger partial charge in [0.25, 0.3) is 0 Å². The van der Waals surface area contributed by atoms with E-state index in [4.69, 9.17) is 9.47 Å². The van der Waals surface area contributed by atoms with Gasteiger partial charge in [0, 0.05) is 6.92 Å². The second-order valence-corrected chi connectivity index (χ2v) is 4.89. The van der Waals surface area contributed by atoms with Crippen LogP contribution >= 0.6 is 0 Å². The third-order valence-electron chi connectivity index (χ3n) is 3.27. The fourth-order valence-electron chi connectivity index (χ4n) is 2.14. The maximum absolute atomic E-state index is 11.6. The number of hydrogen-bond acceptors (Lipinski definition) is 6. The summed E-state index contributed by atoms with van der Waals surface area (Å²) in [6.07, 6.45) is 1.35. The van der Waals surface area contributed by atoms with Crippen LogP contribution in [0.15, 0.2) is 36.4 Å². The van der Waals surface area contributed by atoms with Crippen LogP contribution in [0.4, 0.5) is 0 Å². The predicted molar refractivity (Wildman–Crippen MR) is 77.2 cm³/mol. The van der Waals surface area contributed by atoms with E-state index < -0.39 is 30.3 Å². The van der Waals surface area contributed by atoms with E-state index in [-0.39, 0.29) is 6.61 Å². The fourth-order valence-corrected chi connectivity index (χ4v) is 2.14. The summed E-state index contributed by atoms with van der Waals surface area (Å²) in [5.74, 6) is -0.868. The number of rotatable bonds is 4. The minimum atomic E-state index is -0.848. The zero-order valence-corrected chi connectivity index (χ0v) is 12.4. The van der Waals surface area contributed by atoms with E-state index in [0.29, 0.717) is 5.56 Å². The molecule has 6 nitrogen and oxygen atoms in total. The molecule has 1 aliphatic heterocycles. The first kappa shape index (κ1) is 16.2. The molecule has 118 valence electrons. The summed E-state index contributed by atoms with van der Waals surface area (Å²) < 4.78 is 15.3. The van der Waals surface area contributed by atoms with Crippen molar-refractivity contribution in [2.75, 3.05) is 13.7 Å². The van der Waals surface area contributed by atoms with Crippen LogP contribution in [-0.2, 0) is 19.0 Å². The maximum Gasteiger partial charge on any atom is 0.337 e. The Morgan fingerprint density at radius 2 is 2.09 bits per heavy atom. The molecule has 1 aliphatic rings. The normalized spacial score (nSPS) is 23.9. The Kier molecular flexibility index (Phi) is 5.30. The quantitative estimate of drug-likeness (QED) is 0.669. The summed E-state index contributed by atoms with van der Waals surface area (Å²) in [7, 11) is 1.32. The van der Waals surface area contributed by atoms with Crippen molar-refractivity contribution in [2.45, 2.75) is 25.2 Å². The first-order chi connectivity index (χ1) is 10.5. The number of esters is 2. The Balaban J connectivity index is 2.13. The summed E-state index contributed by atoms with van der Waals surface area (Å²) >= 11 is 0. The minimum absolute atomic E-state index is 0.0337. The molecular formula is C16H18O6. The molecule has 0 bridgehead atoms. The smallest absolute Gasteiger partial charge is 0.337 e. The van der Waals surface area contributed by atoms with Crippen molar-refractivity contribution in [1.29, 1.82) is 0 Å². The second-order valence-electron chi connectivity index (χ2n) is 4.89. The molecule has 1 heterocycles. The van der Waals surface area contributed by atoms with Crippen LogP contribution in [-0.4, -0.2) is 43.0 Å². The molecule has 0 fully saturated rings. The van der Waals surface area contributed by atoms with Gasteiger partial charge in [0.15, 0.2) is 0 Å². The summed E-state index contributed by atoms with van der Waals surface area (Å²) in [6, 6.07) is 6.85. The van der Waals surface area contributed by atoms with E-state index in [0.717, 1.165) is 5.56 Å². The molecule has 0 radical (unpaired) electrons. The van der Waals surface area contributed by atoms with E-state index in [9.17, 15) is 14.7 Å². The molecule has 6 heteroatoms. The molecule has 0 aromatic heterocycles. The molecule has 0 saturated heterocycles. The molecule has 1 N–H and O–H groups in total. The molecule has 0 spiro atoms. The molecule has 0 amide bonds. The van der Waals surface area contributed by atoms with E-state index >= 15 is 0 Å². The van der Waals surface area contributed by atoms with Crippen molar-refractivity contribution in [3.63, 3.8) is 0 Å². The molecule has 0 saturated carbocycles. The highest BCUT2D eigenvalue weighted by Crippen LogP contribution is 2.27. The highest BCUT2D eigenvalue weighted by molar-refractivity contribution is 5.89. The monoisotopic (exact) mass is 306 g/mol. The summed E-state index contributed by atoms with van der Waals surface area (Å²) in [6.45, 7) is 1.26. The SMILES string of the molecule is COC(=O)c1cccc(C2C=C[C@H](O)[C@@H](COC(C)=O)O2)c1. The third kappa shape index (κ3) is 3.93. The van der Waals surface area contributed by atoms with Gasteiger partial charge in [-0.2, -0.15) is 0 Å². The topological polar surface area (TPSA) is 82.1 Å². The van der Waals surface area contributed by atoms with Crippen LogP contribution in [0.2, 0.25) is 0 Å². The van der Waals surface area contributed by atoms with Crippen molar-refractivity contribution in [1.82, 2.24) is 0 Å². The summed E-state index contributed by atoms with van der Waals surface area (Å²) in [5, 5.41) is 9.85. The van der Waals surface area contributed by atoms with Crippen LogP contribution < -0.4 is 0 Å². The number of carbonyl (C=O) groups excluding carboxylic acids is 2. The van der Waals surface area contributed by atoms with Gasteiger partial charge in [-0.1, -0.05) is 24.3 Å². The largest absolute Gasteiger partial charge is 0.465 e. The van der Waals surface area contributed by atoms with Gasteiger partial charge in [0.1, 0.15) is 24.9 Å². The van der Waals surface area contributed by atoms with Gasteiger partial charge in [-0.05, 0) is 17.7 Å². The third-order valence-corrected chi connectivity index (χ3v) is 3.27. The van der Waals surface area contributed by atoms with Gasteiger partial charge < -0.3 is 19.3 Å². The van der Waals surface area contributed by atoms with Gasteiger partial charge in [0.05, 0.1) is 12.7 Å². The van der Waals surface area contributed by atoms with E-state index in [1.807, 2.05) is 6.07 Å². The lowest BCUT2D eigenvalue weighted by Gasteiger charge is -2.29. The van der Waals surface area contributed by atoms with Gasteiger partial charge in [0.2, 0.25) is 0 Å². The second kappa shape index (κ2) is 7.20. The number of ether oxygens (including phenoxy) is 3. The number of methoxy groups -OCH3 is 1. The summed E-state index contributed by atoms with van der Waals surface area (Å²) in [4.78, 5) is 22.4. The molecule has 1 unspecified atom stereocenters. The minimum Gasteiger partial charge on any atom is -0.465 e. The molecular weight excluding hydrogens is 288 g/mol. The zero-order valence-electron chi connectivity index (χ0n) is 12.4. The molecule has 1 aromatic carbocycles. The standard InChI is InChI=1S/C16H18O6/c1-10(17)21-9-15-13(18)6-7-14(22-15)11-4-3-5-12(8-11)16(19)20-2/h3-8,13-15,18H,9H2,1-2H3/t13-,14?,15+/m0/s1. The Bertz CT molecular complexity index is 580. The van der Waals surface area contributed by atoms with Gasteiger partial charge in [-0.25, -0.2) is 4.79 Å². The van der Waals surface area contributed by atoms with Crippen LogP contribution in [0.25, 0.3) is 0 Å². The van der Waals surface area contributed by atoms with Crippen LogP contribution in [0.5, 0.6) is 0 Å². The lowest BCUT2D eigenvalue weighted by molar-refractivity contribution is -0.150. The van der Waals surface area contributed by atoms with E-state index in [1.165, 1.54) is 14.0 Å². The first-order valence-electron chi connectivity index (χ1n) is 6.84. The Morgan fingerprint density at radius 3 is 2.77 bits per heavy atom. The van der Waals surface area contributed by atoms with Crippen LogP contribution in [0.1, 0.15) is 28.9 Å². The van der Waals surface area contributed by atoms with Crippen molar-refractivity contribution in [2.24, 2.45) is 0 Å². The van der Waals surface area contributed by atoms with E-state index in [1.54, 1.807) is 30.4 Å². The Labute approximate surface area is 128 Å². The molecule has 1 aromatic rings. The Morgan fingerprint density at radius 1 is 1.32 bits per heavy atom. The number of carbonyl (C=O) groups is 2. The van der Waals surface area contributed by atoms with Crippen LogP contribution in [0.3, 0.4) is 0 Å².